The van der Waals surface area contributed by atoms with Crippen molar-refractivity contribution in [3.8, 4) is 5.69 Å². The van der Waals surface area contributed by atoms with E-state index >= 15 is 0 Å². The quantitative estimate of drug-likeness (QED) is 0.731. The summed E-state index contributed by atoms with van der Waals surface area (Å²) in [6, 6.07) is 9.75. The summed E-state index contributed by atoms with van der Waals surface area (Å²) in [4.78, 5) is 25.3. The van der Waals surface area contributed by atoms with Crippen LogP contribution in [0, 0.1) is 0 Å². The van der Waals surface area contributed by atoms with E-state index in [1.54, 1.807) is 10.9 Å². The molecule has 0 aliphatic heterocycles. The number of aromatic nitrogens is 2. The zero-order valence-electron chi connectivity index (χ0n) is 14.3. The first-order valence-corrected chi connectivity index (χ1v) is 7.96. The molecule has 1 aromatic carbocycles. The normalized spacial score (nSPS) is 10.7. The summed E-state index contributed by atoms with van der Waals surface area (Å²) in [5.41, 5.74) is 1.96. The number of nitrogens with zero attached hydrogens (tertiary/aromatic N) is 3. The molecule has 6 nitrogen and oxygen atoms in total. The van der Waals surface area contributed by atoms with Gasteiger partial charge in [0.2, 0.25) is 5.91 Å². The molecular formula is C18H23N3O3. The second-order valence-electron chi connectivity index (χ2n) is 5.82. The summed E-state index contributed by atoms with van der Waals surface area (Å²) in [5, 5.41) is 4.32. The van der Waals surface area contributed by atoms with Gasteiger partial charge < -0.3 is 9.64 Å². The molecule has 128 valence electrons. The number of amides is 1. The lowest BCUT2D eigenvalue weighted by molar-refractivity contribution is -0.148. The van der Waals surface area contributed by atoms with Crippen molar-refractivity contribution in [3.05, 3.63) is 48.3 Å². The van der Waals surface area contributed by atoms with Gasteiger partial charge >= 0.3 is 5.97 Å². The Hall–Kier alpha value is -2.63. The van der Waals surface area contributed by atoms with Gasteiger partial charge in [-0.05, 0) is 38.0 Å². The Bertz CT molecular complexity index is 680. The van der Waals surface area contributed by atoms with Crippen LogP contribution in [0.4, 0.5) is 0 Å². The molecule has 0 spiro atoms. The highest BCUT2D eigenvalue weighted by Crippen LogP contribution is 2.11. The van der Waals surface area contributed by atoms with E-state index in [1.807, 2.05) is 50.4 Å². The first kappa shape index (κ1) is 17.7. The van der Waals surface area contributed by atoms with Crippen molar-refractivity contribution in [2.24, 2.45) is 0 Å². The van der Waals surface area contributed by atoms with Gasteiger partial charge in [0.1, 0.15) is 6.54 Å². The lowest BCUT2D eigenvalue weighted by Gasteiger charge is -2.25. The molecule has 1 amide bonds. The van der Waals surface area contributed by atoms with Gasteiger partial charge in [-0.3, -0.25) is 9.59 Å². The molecule has 2 rings (SSSR count). The van der Waals surface area contributed by atoms with E-state index < -0.39 is 5.97 Å². The van der Waals surface area contributed by atoms with Crippen LogP contribution in [0.5, 0.6) is 0 Å². The van der Waals surface area contributed by atoms with Gasteiger partial charge in [-0.25, -0.2) is 4.68 Å². The smallest absolute Gasteiger partial charge is 0.325 e. The Balaban J connectivity index is 1.96. The van der Waals surface area contributed by atoms with E-state index in [0.717, 1.165) is 11.3 Å². The molecule has 0 atom stereocenters. The van der Waals surface area contributed by atoms with Crippen molar-refractivity contribution in [1.29, 1.82) is 0 Å². The standard InChI is InChI=1S/C18H23N3O3/c1-14(2)20(13-18(23)24-3)17(22)10-9-15-11-19-21(12-15)16-7-5-4-6-8-16/h4-8,11-12,14H,9-10,13H2,1-3H3. The van der Waals surface area contributed by atoms with Crippen LogP contribution < -0.4 is 0 Å². The van der Waals surface area contributed by atoms with Gasteiger partial charge in [-0.2, -0.15) is 5.10 Å². The Morgan fingerprint density at radius 1 is 1.25 bits per heavy atom. The minimum Gasteiger partial charge on any atom is -0.468 e. The van der Waals surface area contributed by atoms with Gasteiger partial charge in [0.25, 0.3) is 0 Å². The van der Waals surface area contributed by atoms with Gasteiger partial charge in [0.15, 0.2) is 0 Å². The maximum absolute atomic E-state index is 12.4. The average Bonchev–Trinajstić information content (AvgIpc) is 3.06. The molecule has 0 saturated heterocycles. The van der Waals surface area contributed by atoms with Crippen LogP contribution in [-0.4, -0.2) is 46.3 Å². The zero-order valence-corrected chi connectivity index (χ0v) is 14.3. The van der Waals surface area contributed by atoms with Crippen LogP contribution in [-0.2, 0) is 20.7 Å². The number of carbonyl (C=O) groups excluding carboxylic acids is 2. The van der Waals surface area contributed by atoms with Crippen molar-refractivity contribution in [2.45, 2.75) is 32.7 Å². The predicted molar refractivity (Wildman–Crippen MR) is 90.8 cm³/mol. The Morgan fingerprint density at radius 3 is 2.58 bits per heavy atom. The molecule has 0 bridgehead atoms. The molecule has 0 aliphatic rings. The van der Waals surface area contributed by atoms with Crippen LogP contribution in [0.3, 0.4) is 0 Å². The lowest BCUT2D eigenvalue weighted by Crippen LogP contribution is -2.41. The number of aryl methyl sites for hydroxylation is 1. The van der Waals surface area contributed by atoms with E-state index in [4.69, 9.17) is 0 Å². The molecule has 1 heterocycles. The first-order valence-electron chi connectivity index (χ1n) is 7.96. The van der Waals surface area contributed by atoms with Crippen molar-refractivity contribution < 1.29 is 14.3 Å². The third-order valence-electron chi connectivity index (χ3n) is 3.76. The third kappa shape index (κ3) is 4.68. The minimum absolute atomic E-state index is 0.0176. The Morgan fingerprint density at radius 2 is 1.96 bits per heavy atom. The predicted octanol–water partition coefficient (Wildman–Crippen LogP) is 2.21. The Kier molecular flexibility index (Phi) is 6.12. The summed E-state index contributed by atoms with van der Waals surface area (Å²) < 4.78 is 6.44. The summed E-state index contributed by atoms with van der Waals surface area (Å²) in [6.07, 6.45) is 4.59. The fraction of sp³-hybridized carbons (Fsp3) is 0.389. The fourth-order valence-corrected chi connectivity index (χ4v) is 2.37. The fourth-order valence-electron chi connectivity index (χ4n) is 2.37. The average molecular weight is 329 g/mol. The maximum atomic E-state index is 12.4. The van der Waals surface area contributed by atoms with E-state index in [9.17, 15) is 9.59 Å². The molecule has 0 radical (unpaired) electrons. The lowest BCUT2D eigenvalue weighted by atomic mass is 10.1. The van der Waals surface area contributed by atoms with Gasteiger partial charge in [-0.15, -0.1) is 0 Å². The molecule has 24 heavy (non-hydrogen) atoms. The number of methoxy groups -OCH3 is 1. The largest absolute Gasteiger partial charge is 0.468 e. The summed E-state index contributed by atoms with van der Waals surface area (Å²) in [7, 11) is 1.32. The molecule has 0 saturated carbocycles. The molecule has 6 heteroatoms. The number of hydrogen-bond acceptors (Lipinski definition) is 4. The highest BCUT2D eigenvalue weighted by molar-refractivity contribution is 5.82. The third-order valence-corrected chi connectivity index (χ3v) is 3.76. The van der Waals surface area contributed by atoms with Crippen LogP contribution in [0.25, 0.3) is 5.69 Å². The number of para-hydroxylation sites is 1. The molecular weight excluding hydrogens is 306 g/mol. The second-order valence-corrected chi connectivity index (χ2v) is 5.82. The van der Waals surface area contributed by atoms with E-state index in [2.05, 4.69) is 9.84 Å². The van der Waals surface area contributed by atoms with Gasteiger partial charge in [-0.1, -0.05) is 18.2 Å². The van der Waals surface area contributed by atoms with Crippen LogP contribution in [0.1, 0.15) is 25.8 Å². The number of carbonyl (C=O) groups is 2. The van der Waals surface area contributed by atoms with E-state index in [1.165, 1.54) is 12.0 Å². The maximum Gasteiger partial charge on any atom is 0.325 e. The van der Waals surface area contributed by atoms with Crippen molar-refractivity contribution >= 4 is 11.9 Å². The van der Waals surface area contributed by atoms with Crippen molar-refractivity contribution in [2.75, 3.05) is 13.7 Å². The van der Waals surface area contributed by atoms with Gasteiger partial charge in [0.05, 0.1) is 19.0 Å². The number of esters is 1. The van der Waals surface area contributed by atoms with Crippen LogP contribution in [0.15, 0.2) is 42.7 Å². The number of rotatable bonds is 7. The topological polar surface area (TPSA) is 64.4 Å². The second kappa shape index (κ2) is 8.29. The highest BCUT2D eigenvalue weighted by Gasteiger charge is 2.20. The van der Waals surface area contributed by atoms with Crippen molar-refractivity contribution in [3.63, 3.8) is 0 Å². The molecule has 0 unspecified atom stereocenters. The monoisotopic (exact) mass is 329 g/mol. The number of hydrogen-bond donors (Lipinski definition) is 0. The zero-order chi connectivity index (χ0) is 17.5. The molecule has 1 aromatic heterocycles. The number of benzene rings is 1. The molecule has 2 aromatic rings. The minimum atomic E-state index is -0.408. The summed E-state index contributed by atoms with van der Waals surface area (Å²) >= 11 is 0. The highest BCUT2D eigenvalue weighted by atomic mass is 16.5. The molecule has 0 N–H and O–H groups in total. The Labute approximate surface area is 142 Å². The van der Waals surface area contributed by atoms with Crippen molar-refractivity contribution in [1.82, 2.24) is 14.7 Å². The molecule has 0 aliphatic carbocycles. The first-order chi connectivity index (χ1) is 11.5. The SMILES string of the molecule is COC(=O)CN(C(=O)CCc1cnn(-c2ccccc2)c1)C(C)C. The van der Waals surface area contributed by atoms with Crippen LogP contribution >= 0.6 is 0 Å². The van der Waals surface area contributed by atoms with E-state index in [-0.39, 0.29) is 18.5 Å². The summed E-state index contributed by atoms with van der Waals surface area (Å²) in [6.45, 7) is 3.75. The number of ether oxygens (including phenoxy) is 1. The van der Waals surface area contributed by atoms with E-state index in [0.29, 0.717) is 12.8 Å². The van der Waals surface area contributed by atoms with Crippen LogP contribution in [0.2, 0.25) is 0 Å². The summed E-state index contributed by atoms with van der Waals surface area (Å²) in [5.74, 6) is -0.475. The molecule has 0 fully saturated rings. The van der Waals surface area contributed by atoms with Gasteiger partial charge in [0, 0.05) is 18.7 Å².